The first-order valence-electron chi connectivity index (χ1n) is 1.20. The molecule has 0 amide bonds. The maximum absolute atomic E-state index is 7.81. The van der Waals surface area contributed by atoms with Crippen molar-refractivity contribution in [3.8, 4) is 0 Å². The van der Waals surface area contributed by atoms with Crippen LogP contribution in [0.1, 0.15) is 0 Å². The van der Waals surface area contributed by atoms with Gasteiger partial charge < -0.3 is 0 Å². The smallest absolute Gasteiger partial charge is 0.118 e. The van der Waals surface area contributed by atoms with Gasteiger partial charge in [-0.05, 0) is 22.4 Å². The molecule has 0 bridgehead atoms. The van der Waals surface area contributed by atoms with Gasteiger partial charge in [0.05, 0.1) is 0 Å². The van der Waals surface area contributed by atoms with Gasteiger partial charge in [0.15, 0.2) is 0 Å². The topological polar surface area (TPSA) is 29.5 Å². The fourth-order valence-corrected chi connectivity index (χ4v) is 2.60. The summed E-state index contributed by atoms with van der Waals surface area (Å²) in [5.41, 5.74) is 0. The summed E-state index contributed by atoms with van der Waals surface area (Å²) in [5, 5.41) is 7.81. The van der Waals surface area contributed by atoms with Crippen LogP contribution < -0.4 is 0 Å². The van der Waals surface area contributed by atoms with E-state index in [4.69, 9.17) is 16.4 Å². The van der Waals surface area contributed by atoms with E-state index >= 15 is 0 Å². The van der Waals surface area contributed by atoms with Crippen molar-refractivity contribution < 1.29 is 9.59 Å². The first-order valence-corrected chi connectivity index (χ1v) is 8.33. The Kier molecular flexibility index (Phi) is 6.76. The quantitative estimate of drug-likeness (QED) is 0.246. The molecule has 0 saturated heterocycles. The van der Waals surface area contributed by atoms with Crippen LogP contribution in [0.5, 0.6) is 0 Å². The molecule has 8 heavy (non-hydrogen) atoms. The zero-order valence-corrected chi connectivity index (χ0v) is 8.32. The lowest BCUT2D eigenvalue weighted by molar-refractivity contribution is -0.114. The lowest BCUT2D eigenvalue weighted by Gasteiger charge is -1.93. The highest BCUT2D eigenvalue weighted by atomic mass is 33.9. The van der Waals surface area contributed by atoms with E-state index in [0.29, 0.717) is 0 Å². The molecule has 0 aromatic heterocycles. The molecule has 0 heterocycles. The molecule has 2 nitrogen and oxygen atoms in total. The second-order valence-corrected chi connectivity index (χ2v) is 12.2. The summed E-state index contributed by atoms with van der Waals surface area (Å²) < 4.78 is 3.68. The third kappa shape index (κ3) is 4.62. The molecule has 1 N–H and O–H groups in total. The summed E-state index contributed by atoms with van der Waals surface area (Å²) in [7, 11) is -1.15. The fourth-order valence-electron chi connectivity index (χ4n) is 0.0486. The molecule has 0 aliphatic rings. The van der Waals surface area contributed by atoms with Gasteiger partial charge >= 0.3 is 0 Å². The molecule has 0 spiro atoms. The van der Waals surface area contributed by atoms with Crippen molar-refractivity contribution in [2.24, 2.45) is 0 Å². The molecule has 0 aromatic rings. The number of rotatable bonds is 3. The zero-order chi connectivity index (χ0) is 6.57. The molecule has 2 unspecified atom stereocenters. The third-order valence-electron chi connectivity index (χ3n) is 0.202. The van der Waals surface area contributed by atoms with Crippen LogP contribution >= 0.6 is 22.7 Å². The van der Waals surface area contributed by atoms with Gasteiger partial charge in [0.1, 0.15) is 11.1 Å². The normalized spacial score (nSPS) is 17.8. The van der Waals surface area contributed by atoms with Gasteiger partial charge in [-0.1, -0.05) is 11.7 Å². The van der Waals surface area contributed by atoms with E-state index in [0.717, 1.165) is 11.1 Å². The highest BCUT2D eigenvalue weighted by Gasteiger charge is 1.95. The monoisotopic (exact) mass is 226 g/mol. The third-order valence-corrected chi connectivity index (χ3v) is 11.2. The van der Waals surface area contributed by atoms with Gasteiger partial charge in [0, 0.05) is 15.0 Å². The molecule has 0 radical (unpaired) electrons. The minimum Gasteiger partial charge on any atom is -0.239 e. The number of thiol groups is 1. The fraction of sp³-hybridized carbons (Fsp3) is 0. The van der Waals surface area contributed by atoms with Crippen LogP contribution in [0.2, 0.25) is 0 Å². The Morgan fingerprint density at radius 1 is 1.62 bits per heavy atom. The molecule has 0 rings (SSSR count). The molecule has 0 aromatic carbocycles. The summed E-state index contributed by atoms with van der Waals surface area (Å²) in [6, 6.07) is 0. The van der Waals surface area contributed by atoms with E-state index in [1.54, 1.807) is 0 Å². The molecular weight excluding hydrogens is 224 g/mol. The Labute approximate surface area is 69.3 Å². The van der Waals surface area contributed by atoms with E-state index in [2.05, 4.69) is 27.2 Å². The number of hydrogen-bond acceptors (Lipinski definition) is 5. The first-order chi connectivity index (χ1) is 3.68. The Bertz CT molecular complexity index is 105. The van der Waals surface area contributed by atoms with E-state index in [1.807, 2.05) is 0 Å². The van der Waals surface area contributed by atoms with Crippen molar-refractivity contribution in [3.05, 3.63) is 0 Å². The SMILES string of the molecule is OOSS(=S)S(=S)S. The van der Waals surface area contributed by atoms with Gasteiger partial charge in [0.25, 0.3) is 0 Å². The Hall–Kier alpha value is 1.76. The molecule has 2 atom stereocenters. The first kappa shape index (κ1) is 9.76. The summed E-state index contributed by atoms with van der Waals surface area (Å²) in [6.45, 7) is 0. The van der Waals surface area contributed by atoms with Crippen molar-refractivity contribution in [2.45, 2.75) is 0 Å². The van der Waals surface area contributed by atoms with Gasteiger partial charge in [0.2, 0.25) is 0 Å². The second kappa shape index (κ2) is 5.54. The van der Waals surface area contributed by atoms with Crippen LogP contribution in [-0.4, -0.2) is 5.26 Å². The van der Waals surface area contributed by atoms with Crippen molar-refractivity contribution >= 4 is 60.1 Å². The van der Waals surface area contributed by atoms with E-state index in [-0.39, 0.29) is 0 Å². The lowest BCUT2D eigenvalue weighted by atomic mass is 15.0. The summed E-state index contributed by atoms with van der Waals surface area (Å²) >= 11 is 14.0. The van der Waals surface area contributed by atoms with Crippen LogP contribution in [0.3, 0.4) is 0 Å². The maximum Gasteiger partial charge on any atom is 0.118 e. The van der Waals surface area contributed by atoms with Gasteiger partial charge in [-0.3, -0.25) is 0 Å². The van der Waals surface area contributed by atoms with Gasteiger partial charge in [-0.25, -0.2) is 5.26 Å². The summed E-state index contributed by atoms with van der Waals surface area (Å²) in [6.07, 6.45) is 0. The van der Waals surface area contributed by atoms with Crippen molar-refractivity contribution in [1.29, 1.82) is 0 Å². The molecule has 0 aliphatic carbocycles. The Morgan fingerprint density at radius 3 is 2.25 bits per heavy atom. The van der Waals surface area contributed by atoms with E-state index in [9.17, 15) is 0 Å². The predicted molar refractivity (Wildman–Crippen MR) is 49.8 cm³/mol. The molecule has 0 saturated carbocycles. The van der Waals surface area contributed by atoms with Crippen molar-refractivity contribution in [2.75, 3.05) is 0 Å². The molecule has 0 fully saturated rings. The second-order valence-electron chi connectivity index (χ2n) is 0.564. The molecule has 8 heteroatoms. The number of hydrogen-bond donors (Lipinski definition) is 2. The molecular formula is H2O2S6. The van der Waals surface area contributed by atoms with Gasteiger partial charge in [-0.15, -0.1) is 0 Å². The van der Waals surface area contributed by atoms with Crippen LogP contribution in [-0.2, 0) is 41.7 Å². The van der Waals surface area contributed by atoms with Crippen LogP contribution in [0.15, 0.2) is 0 Å². The average Bonchev–Trinajstić information content (AvgIpc) is 1.67. The standard InChI is InChI=1S/H2O2S6/c1-2-6-8(5)7(3)4/h1H,(H,3,4). The molecule has 50 valence electrons. The van der Waals surface area contributed by atoms with E-state index in [1.165, 1.54) is 0 Å². The lowest BCUT2D eigenvalue weighted by Crippen LogP contribution is -1.81. The maximum atomic E-state index is 7.81. The minimum absolute atomic E-state index is 0.562. The zero-order valence-electron chi connectivity index (χ0n) is 3.34. The molecule has 0 aliphatic heterocycles. The Morgan fingerprint density at radius 2 is 2.12 bits per heavy atom. The van der Waals surface area contributed by atoms with Crippen LogP contribution in [0.25, 0.3) is 0 Å². The largest absolute Gasteiger partial charge is 0.239 e. The van der Waals surface area contributed by atoms with Gasteiger partial charge in [-0.2, -0.15) is 4.33 Å². The van der Waals surface area contributed by atoms with Crippen molar-refractivity contribution in [3.63, 3.8) is 0 Å². The minimum atomic E-state index is -0.587. The van der Waals surface area contributed by atoms with Crippen LogP contribution in [0.4, 0.5) is 0 Å². The Balaban J connectivity index is 3.49. The summed E-state index contributed by atoms with van der Waals surface area (Å²) in [4.78, 5) is 0. The van der Waals surface area contributed by atoms with E-state index < -0.39 is 15.0 Å². The summed E-state index contributed by atoms with van der Waals surface area (Å²) in [5.74, 6) is 0. The predicted octanol–water partition coefficient (Wildman–Crippen LogP) is 0.959. The van der Waals surface area contributed by atoms with Crippen molar-refractivity contribution in [1.82, 2.24) is 0 Å². The average molecular weight is 226 g/mol. The highest BCUT2D eigenvalue weighted by molar-refractivity contribution is 9.26. The van der Waals surface area contributed by atoms with Crippen LogP contribution in [0, 0.1) is 0 Å². The highest BCUT2D eigenvalue weighted by Crippen LogP contribution is 2.13.